The summed E-state index contributed by atoms with van der Waals surface area (Å²) in [7, 11) is 2.19. The Balaban J connectivity index is 0.000000181. The maximum absolute atomic E-state index is 10.5. The Morgan fingerprint density at radius 2 is 1.47 bits per heavy atom. The van der Waals surface area contributed by atoms with Gasteiger partial charge in [-0.3, -0.25) is 29.4 Å². The van der Waals surface area contributed by atoms with E-state index in [9.17, 15) is 28.8 Å². The molecular weight excluding hydrogens is 452 g/mol. The Labute approximate surface area is 190 Å². The number of hydrogen-bond acceptors (Lipinski definition) is 8. The second-order valence-corrected chi connectivity index (χ2v) is 7.04. The second kappa shape index (κ2) is 11.9. The quantitative estimate of drug-likeness (QED) is 0.282. The molecule has 6 N–H and O–H groups in total. The zero-order valence-corrected chi connectivity index (χ0v) is 17.9. The second-order valence-electron chi connectivity index (χ2n) is 7.04. The van der Waals surface area contributed by atoms with E-state index in [1.54, 1.807) is 0 Å². The van der Waals surface area contributed by atoms with E-state index < -0.39 is 45.8 Å². The highest BCUT2D eigenvalue weighted by atomic mass is 16.4. The molecule has 0 bridgehead atoms. The predicted molar refractivity (Wildman–Crippen MR) is 118 cm³/mol. The fraction of sp³-hybridized carbons (Fsp3) is 0.250. The smallest absolute Gasteiger partial charge is 0.352 e. The number of carboxylic acid groups (broad SMARTS) is 2. The van der Waals surface area contributed by atoms with Crippen molar-refractivity contribution in [1.29, 1.82) is 0 Å². The van der Waals surface area contributed by atoms with Gasteiger partial charge < -0.3 is 20.2 Å². The molecule has 1 unspecified atom stereocenters. The molecule has 1 aliphatic heterocycles. The fourth-order valence-corrected chi connectivity index (χ4v) is 3.07. The lowest BCUT2D eigenvalue weighted by molar-refractivity contribution is 0.0679. The lowest BCUT2D eigenvalue weighted by Crippen LogP contribution is -2.24. The van der Waals surface area contributed by atoms with Crippen molar-refractivity contribution in [2.75, 3.05) is 13.6 Å². The minimum atomic E-state index is -1.34. The lowest BCUT2D eigenvalue weighted by atomic mass is 10.1. The van der Waals surface area contributed by atoms with Crippen molar-refractivity contribution in [3.05, 3.63) is 95.3 Å². The molecule has 1 saturated heterocycles. The van der Waals surface area contributed by atoms with E-state index in [1.807, 2.05) is 38.4 Å². The molecule has 3 aromatic heterocycles. The molecule has 0 radical (unpaired) electrons. The summed E-state index contributed by atoms with van der Waals surface area (Å²) in [5.41, 5.74) is -2.59. The van der Waals surface area contributed by atoms with E-state index in [1.165, 1.54) is 24.9 Å². The number of nitrogens with zero attached hydrogens (tertiary/aromatic N) is 2. The van der Waals surface area contributed by atoms with Crippen molar-refractivity contribution in [3.8, 4) is 0 Å². The van der Waals surface area contributed by atoms with Gasteiger partial charge in [0.15, 0.2) is 0 Å². The minimum absolute atomic E-state index is 0.418. The van der Waals surface area contributed by atoms with Crippen LogP contribution in [-0.2, 0) is 0 Å². The minimum Gasteiger partial charge on any atom is -0.477 e. The molecule has 1 fully saturated rings. The third-order valence-electron chi connectivity index (χ3n) is 4.57. The first-order valence-electron chi connectivity index (χ1n) is 9.81. The summed E-state index contributed by atoms with van der Waals surface area (Å²) in [6.45, 7) is 1.22. The number of aromatic nitrogens is 5. The topological polar surface area (TPSA) is 222 Å². The molecule has 1 aliphatic rings. The molecule has 4 heterocycles. The molecule has 0 amide bonds. The van der Waals surface area contributed by atoms with Crippen LogP contribution >= 0.6 is 0 Å². The Hall–Kier alpha value is -4.59. The average Bonchev–Trinajstić information content (AvgIpc) is 3.20. The molecule has 14 heteroatoms. The summed E-state index contributed by atoms with van der Waals surface area (Å²) in [4.78, 5) is 76.3. The van der Waals surface area contributed by atoms with Gasteiger partial charge >= 0.3 is 23.3 Å². The summed E-state index contributed by atoms with van der Waals surface area (Å²) in [5, 5.41) is 16.6. The van der Waals surface area contributed by atoms with Crippen molar-refractivity contribution < 1.29 is 19.8 Å². The number of aromatic amines is 4. The molecule has 3 aromatic rings. The Morgan fingerprint density at radius 3 is 1.82 bits per heavy atom. The van der Waals surface area contributed by atoms with Crippen LogP contribution in [0, 0.1) is 0 Å². The normalized spacial score (nSPS) is 14.8. The zero-order valence-electron chi connectivity index (χ0n) is 17.9. The fourth-order valence-electron chi connectivity index (χ4n) is 3.07. The van der Waals surface area contributed by atoms with Gasteiger partial charge in [0.25, 0.3) is 11.1 Å². The van der Waals surface area contributed by atoms with Gasteiger partial charge in [-0.05, 0) is 38.1 Å². The van der Waals surface area contributed by atoms with Gasteiger partial charge in [-0.25, -0.2) is 19.2 Å². The number of H-pyrrole nitrogens is 4. The van der Waals surface area contributed by atoms with E-state index in [2.05, 4.69) is 23.0 Å². The molecule has 0 saturated carbocycles. The summed E-state index contributed by atoms with van der Waals surface area (Å²) in [6, 6.07) is 6.38. The molecule has 34 heavy (non-hydrogen) atoms. The Bertz CT molecular complexity index is 1220. The third kappa shape index (κ3) is 7.83. The van der Waals surface area contributed by atoms with Crippen LogP contribution in [0.15, 0.2) is 55.8 Å². The van der Waals surface area contributed by atoms with E-state index in [-0.39, 0.29) is 0 Å². The number of rotatable bonds is 3. The maximum Gasteiger partial charge on any atom is 0.352 e. The predicted octanol–water partition coefficient (Wildman–Crippen LogP) is -0.629. The Morgan fingerprint density at radius 1 is 0.941 bits per heavy atom. The van der Waals surface area contributed by atoms with E-state index in [0.29, 0.717) is 6.04 Å². The molecule has 180 valence electrons. The number of aromatic carboxylic acids is 2. The maximum atomic E-state index is 10.5. The van der Waals surface area contributed by atoms with Gasteiger partial charge in [-0.2, -0.15) is 0 Å². The molecule has 0 aromatic carbocycles. The third-order valence-corrected chi connectivity index (χ3v) is 4.57. The first-order chi connectivity index (χ1) is 16.1. The summed E-state index contributed by atoms with van der Waals surface area (Å²) < 4.78 is 0. The number of carbonyl (C=O) groups is 2. The van der Waals surface area contributed by atoms with Crippen LogP contribution in [0.25, 0.3) is 0 Å². The number of pyridine rings is 1. The largest absolute Gasteiger partial charge is 0.477 e. The molecular formula is C20H22N6O8. The van der Waals surface area contributed by atoms with Gasteiger partial charge in [0.2, 0.25) is 0 Å². The molecule has 14 nitrogen and oxygen atoms in total. The molecule has 0 aliphatic carbocycles. The van der Waals surface area contributed by atoms with E-state index in [4.69, 9.17) is 10.2 Å². The molecule has 4 rings (SSSR count). The highest BCUT2D eigenvalue weighted by Crippen LogP contribution is 2.29. The first-order valence-corrected chi connectivity index (χ1v) is 9.81. The van der Waals surface area contributed by atoms with Crippen molar-refractivity contribution in [2.45, 2.75) is 18.9 Å². The molecule has 1 atom stereocenters. The molecule has 0 spiro atoms. The summed E-state index contributed by atoms with van der Waals surface area (Å²) >= 11 is 0. The summed E-state index contributed by atoms with van der Waals surface area (Å²) in [5.74, 6) is -2.68. The lowest BCUT2D eigenvalue weighted by Gasteiger charge is -2.18. The van der Waals surface area contributed by atoms with Crippen molar-refractivity contribution in [1.82, 2.24) is 29.8 Å². The van der Waals surface area contributed by atoms with Crippen LogP contribution in [0.4, 0.5) is 0 Å². The average molecular weight is 474 g/mol. The van der Waals surface area contributed by atoms with Gasteiger partial charge in [0, 0.05) is 30.6 Å². The Kier molecular flexibility index (Phi) is 8.96. The van der Waals surface area contributed by atoms with Crippen LogP contribution < -0.4 is 22.5 Å². The van der Waals surface area contributed by atoms with Crippen LogP contribution in [0.2, 0.25) is 0 Å². The van der Waals surface area contributed by atoms with Crippen LogP contribution in [0.3, 0.4) is 0 Å². The van der Waals surface area contributed by atoms with Crippen LogP contribution in [-0.4, -0.2) is 65.6 Å². The SMILES string of the molecule is CN1CCCC1c1cccnc1.O=C(O)c1cc(=O)[nH]c(=O)[nH]1.O=C(O)c1cc(=O)[nH]c(=O)[nH]1. The number of likely N-dealkylation sites (tertiary alicyclic amines) is 1. The van der Waals surface area contributed by atoms with Crippen LogP contribution in [0.5, 0.6) is 0 Å². The van der Waals surface area contributed by atoms with Gasteiger partial charge in [0.05, 0.1) is 0 Å². The van der Waals surface area contributed by atoms with Crippen molar-refractivity contribution >= 4 is 11.9 Å². The van der Waals surface area contributed by atoms with Crippen LogP contribution in [0.1, 0.15) is 45.4 Å². The van der Waals surface area contributed by atoms with E-state index in [0.717, 1.165) is 12.1 Å². The van der Waals surface area contributed by atoms with Gasteiger partial charge in [0.1, 0.15) is 11.4 Å². The number of carboxylic acids is 2. The van der Waals surface area contributed by atoms with Crippen molar-refractivity contribution in [2.24, 2.45) is 0 Å². The van der Waals surface area contributed by atoms with E-state index >= 15 is 0 Å². The summed E-state index contributed by atoms with van der Waals surface area (Å²) in [6.07, 6.45) is 6.41. The highest BCUT2D eigenvalue weighted by molar-refractivity contribution is 5.85. The zero-order chi connectivity index (χ0) is 25.3. The van der Waals surface area contributed by atoms with Gasteiger partial charge in [-0.15, -0.1) is 0 Å². The number of nitrogens with one attached hydrogen (secondary N) is 4. The first kappa shape index (κ1) is 25.7. The monoisotopic (exact) mass is 474 g/mol. The number of hydrogen-bond donors (Lipinski definition) is 6. The van der Waals surface area contributed by atoms with Gasteiger partial charge in [-0.1, -0.05) is 6.07 Å². The highest BCUT2D eigenvalue weighted by Gasteiger charge is 2.22. The van der Waals surface area contributed by atoms with Crippen molar-refractivity contribution in [3.63, 3.8) is 0 Å². The standard InChI is InChI=1S/C10H14N2.2C5H4N2O4/c1-12-7-3-5-10(12)9-4-2-6-11-8-9;2*8-3-1-2(4(9)10)6-5(11)7-3/h2,4,6,8,10H,3,5,7H2,1H3;2*1H,(H,9,10)(H2,6,7,8,11).